The predicted octanol–water partition coefficient (Wildman–Crippen LogP) is 3.95. The van der Waals surface area contributed by atoms with Crippen LogP contribution in [0.25, 0.3) is 0 Å². The maximum atomic E-state index is 2.31. The zero-order valence-electron chi connectivity index (χ0n) is 10.3. The van der Waals surface area contributed by atoms with E-state index in [0.29, 0.717) is 7.92 Å². The molecule has 0 saturated carbocycles. The van der Waals surface area contributed by atoms with Crippen LogP contribution in [-0.4, -0.2) is 42.2 Å². The van der Waals surface area contributed by atoms with Gasteiger partial charge in [0.05, 0.1) is 0 Å². The van der Waals surface area contributed by atoms with Gasteiger partial charge in [-0.05, 0) is 37.7 Å². The molecule has 14 heavy (non-hydrogen) atoms. The van der Waals surface area contributed by atoms with Gasteiger partial charge in [-0.15, -0.1) is 7.92 Å². The summed E-state index contributed by atoms with van der Waals surface area (Å²) in [5, 5.41) is 0. The summed E-state index contributed by atoms with van der Waals surface area (Å²) in [5.41, 5.74) is 0. The van der Waals surface area contributed by atoms with Crippen molar-refractivity contribution in [3.8, 4) is 0 Å². The Morgan fingerprint density at radius 3 is 1.14 bits per heavy atom. The van der Waals surface area contributed by atoms with Crippen LogP contribution in [0.4, 0.5) is 0 Å². The summed E-state index contributed by atoms with van der Waals surface area (Å²) in [7, 11) is 0.422. The Morgan fingerprint density at radius 1 is 0.643 bits per heavy atom. The molecule has 0 atom stereocenters. The molecule has 0 aromatic heterocycles. The molecule has 0 aromatic rings. The van der Waals surface area contributed by atoms with Gasteiger partial charge in [-0.1, -0.05) is 40.0 Å². The molecule has 0 aliphatic rings. The summed E-state index contributed by atoms with van der Waals surface area (Å²) in [5.74, 6) is 0. The first kappa shape index (κ1) is 17.6. The van der Waals surface area contributed by atoms with E-state index in [-0.39, 0.29) is 23.7 Å². The van der Waals surface area contributed by atoms with Crippen molar-refractivity contribution in [2.75, 3.05) is 18.5 Å². The molecule has 0 unspecified atom stereocenters. The van der Waals surface area contributed by atoms with Gasteiger partial charge in [0.1, 0.15) is 0 Å². The van der Waals surface area contributed by atoms with E-state index in [1.54, 1.807) is 18.5 Å². The maximum absolute atomic E-state index is 2.31. The van der Waals surface area contributed by atoms with E-state index in [1.165, 1.54) is 38.5 Å². The van der Waals surface area contributed by atoms with Crippen LogP contribution in [0.5, 0.6) is 0 Å². The van der Waals surface area contributed by atoms with Gasteiger partial charge in [0.25, 0.3) is 0 Å². The quantitative estimate of drug-likeness (QED) is 0.443. The van der Waals surface area contributed by atoms with E-state index in [9.17, 15) is 0 Å². The van der Waals surface area contributed by atoms with Gasteiger partial charge >= 0.3 is 23.7 Å². The van der Waals surface area contributed by atoms with Gasteiger partial charge in [0.2, 0.25) is 0 Å². The molecule has 2 heteroatoms. The molecule has 0 aliphatic heterocycles. The Morgan fingerprint density at radius 2 is 0.929 bits per heavy atom. The van der Waals surface area contributed by atoms with Crippen LogP contribution in [0.1, 0.15) is 59.3 Å². The minimum atomic E-state index is 0. The van der Waals surface area contributed by atoms with Crippen LogP contribution < -0.4 is 0 Å². The van der Waals surface area contributed by atoms with Crippen molar-refractivity contribution in [3.05, 3.63) is 0 Å². The molecular weight excluding hydrogens is 303 g/mol. The van der Waals surface area contributed by atoms with Crippen molar-refractivity contribution in [3.63, 3.8) is 0 Å². The second-order valence-electron chi connectivity index (χ2n) is 3.90. The van der Waals surface area contributed by atoms with Crippen molar-refractivity contribution >= 4 is 31.6 Å². The number of rotatable bonds is 9. The Balaban J connectivity index is 0. The molecule has 0 spiro atoms. The van der Waals surface area contributed by atoms with Crippen molar-refractivity contribution in [2.45, 2.75) is 59.3 Å². The van der Waals surface area contributed by atoms with Gasteiger partial charge in [0, 0.05) is 0 Å². The normalized spacial score (nSPS) is 10.3. The SMILES string of the molecule is CCCCP(CCCC)CCCC.[TeH2]. The third-order valence-corrected chi connectivity index (χ3v) is 5.33. The molecule has 0 nitrogen and oxygen atoms in total. The van der Waals surface area contributed by atoms with E-state index in [0.717, 1.165) is 0 Å². The predicted molar refractivity (Wildman–Crippen MR) is 74.8 cm³/mol. The third kappa shape index (κ3) is 11.3. The summed E-state index contributed by atoms with van der Waals surface area (Å²) >= 11 is 0. The van der Waals surface area contributed by atoms with E-state index < -0.39 is 0 Å². The fourth-order valence-electron chi connectivity index (χ4n) is 1.48. The van der Waals surface area contributed by atoms with Crippen molar-refractivity contribution in [2.24, 2.45) is 0 Å². The second-order valence-corrected chi connectivity index (χ2v) is 6.59. The van der Waals surface area contributed by atoms with E-state index in [2.05, 4.69) is 20.8 Å². The molecular formula is C12H29PTe. The van der Waals surface area contributed by atoms with Crippen molar-refractivity contribution < 1.29 is 0 Å². The zero-order valence-corrected chi connectivity index (χ0v) is 14.1. The fourth-order valence-corrected chi connectivity index (χ4v) is 4.44. The molecule has 0 rings (SSSR count). The van der Waals surface area contributed by atoms with Gasteiger partial charge in [-0.2, -0.15) is 0 Å². The average Bonchev–Trinajstić information content (AvgIpc) is 2.17. The Kier molecular flexibility index (Phi) is 17.9. The van der Waals surface area contributed by atoms with Crippen molar-refractivity contribution in [1.29, 1.82) is 0 Å². The molecule has 0 fully saturated rings. The first-order valence-corrected chi connectivity index (χ1v) is 7.97. The first-order valence-electron chi connectivity index (χ1n) is 6.07. The summed E-state index contributed by atoms with van der Waals surface area (Å²) in [6.07, 6.45) is 13.2. The summed E-state index contributed by atoms with van der Waals surface area (Å²) in [6, 6.07) is 0. The topological polar surface area (TPSA) is 0 Å². The van der Waals surface area contributed by atoms with Crippen LogP contribution in [0, 0.1) is 0 Å². The van der Waals surface area contributed by atoms with Crippen LogP contribution >= 0.6 is 7.92 Å². The minimum absolute atomic E-state index is 0. The molecule has 0 heterocycles. The molecule has 0 radical (unpaired) electrons. The Bertz CT molecular complexity index is 77.3. The van der Waals surface area contributed by atoms with Crippen LogP contribution in [-0.2, 0) is 0 Å². The average molecular weight is 332 g/mol. The zero-order chi connectivity index (χ0) is 9.94. The van der Waals surface area contributed by atoms with Gasteiger partial charge < -0.3 is 0 Å². The van der Waals surface area contributed by atoms with Crippen LogP contribution in [0.2, 0.25) is 0 Å². The first-order chi connectivity index (χ1) is 6.35. The van der Waals surface area contributed by atoms with Gasteiger partial charge in [-0.25, -0.2) is 0 Å². The monoisotopic (exact) mass is 334 g/mol. The standard InChI is InChI=1S/C12H27P.H2Te/c1-4-7-10-13(11-8-5-2)12-9-6-3;/h4-12H2,1-3H3;1H2. The molecule has 0 saturated heterocycles. The van der Waals surface area contributed by atoms with E-state index >= 15 is 0 Å². The molecule has 0 bridgehead atoms. The second kappa shape index (κ2) is 14.2. The summed E-state index contributed by atoms with van der Waals surface area (Å²) in [6.45, 7) is 6.94. The van der Waals surface area contributed by atoms with Crippen molar-refractivity contribution in [1.82, 2.24) is 0 Å². The van der Waals surface area contributed by atoms with E-state index in [1.807, 2.05) is 0 Å². The van der Waals surface area contributed by atoms with Crippen LogP contribution in [0.15, 0.2) is 0 Å². The molecule has 0 amide bonds. The number of hydrogen-bond acceptors (Lipinski definition) is 0. The van der Waals surface area contributed by atoms with Crippen LogP contribution in [0.3, 0.4) is 0 Å². The number of unbranched alkanes of at least 4 members (excludes halogenated alkanes) is 3. The van der Waals surface area contributed by atoms with E-state index in [4.69, 9.17) is 0 Å². The fraction of sp³-hybridized carbons (Fsp3) is 1.00. The van der Waals surface area contributed by atoms with Gasteiger partial charge in [-0.3, -0.25) is 0 Å². The third-order valence-electron chi connectivity index (χ3n) is 2.48. The Hall–Kier alpha value is 1.22. The van der Waals surface area contributed by atoms with Gasteiger partial charge in [0.15, 0.2) is 0 Å². The number of hydrogen-bond donors (Lipinski definition) is 0. The molecule has 0 N–H and O–H groups in total. The summed E-state index contributed by atoms with van der Waals surface area (Å²) in [4.78, 5) is 0. The molecule has 0 aliphatic carbocycles. The summed E-state index contributed by atoms with van der Waals surface area (Å²) < 4.78 is 0. The molecule has 88 valence electrons. The molecule has 0 aromatic carbocycles. The Labute approximate surface area is 109 Å².